The van der Waals surface area contributed by atoms with Crippen molar-refractivity contribution in [1.29, 1.82) is 0 Å². The molecule has 2 N–H and O–H groups in total. The summed E-state index contributed by atoms with van der Waals surface area (Å²) in [4.78, 5) is 33.8. The monoisotopic (exact) mass is 309 g/mol. The van der Waals surface area contributed by atoms with E-state index in [0.717, 1.165) is 0 Å². The van der Waals surface area contributed by atoms with Crippen LogP contribution in [-0.2, 0) is 16.1 Å². The molecule has 0 atom stereocenters. The Bertz CT molecular complexity index is 622. The van der Waals surface area contributed by atoms with Gasteiger partial charge in [-0.15, -0.1) is 0 Å². The lowest BCUT2D eigenvalue weighted by Gasteiger charge is -2.02. The van der Waals surface area contributed by atoms with Crippen LogP contribution in [0.5, 0.6) is 0 Å². The second kappa shape index (κ2) is 7.70. The summed E-state index contributed by atoms with van der Waals surface area (Å²) in [5, 5.41) is 22.4. The van der Waals surface area contributed by atoms with Crippen LogP contribution in [0.1, 0.15) is 10.4 Å². The summed E-state index contributed by atoms with van der Waals surface area (Å²) in [5.74, 6) is -3.68. The maximum absolute atomic E-state index is 11.8. The van der Waals surface area contributed by atoms with Gasteiger partial charge in [0.15, 0.2) is 5.78 Å². The lowest BCUT2D eigenvalue weighted by molar-refractivity contribution is -0.159. The molecule has 8 nitrogen and oxygen atoms in total. The number of nitrogens with zero attached hydrogens (tertiary/aromatic N) is 3. The predicted octanol–water partition coefficient (Wildman–Crippen LogP) is 0.934. The zero-order valence-electron chi connectivity index (χ0n) is 10.7. The highest BCUT2D eigenvalue weighted by molar-refractivity contribution is 7.08. The molecule has 21 heavy (non-hydrogen) atoms. The van der Waals surface area contributed by atoms with Crippen molar-refractivity contribution in [3.05, 3.63) is 47.2 Å². The van der Waals surface area contributed by atoms with Gasteiger partial charge in [0.2, 0.25) is 0 Å². The first kappa shape index (κ1) is 16.2. The fraction of sp³-hybridized carbons (Fsp3) is 0.0833. The summed E-state index contributed by atoms with van der Waals surface area (Å²) in [7, 11) is 0. The normalized spacial score (nSPS) is 9.33. The van der Waals surface area contributed by atoms with Gasteiger partial charge in [0.05, 0.1) is 6.54 Å². The summed E-state index contributed by atoms with van der Waals surface area (Å²) < 4.78 is 1.58. The highest BCUT2D eigenvalue weighted by atomic mass is 32.1. The van der Waals surface area contributed by atoms with Gasteiger partial charge in [0, 0.05) is 16.5 Å². The predicted molar refractivity (Wildman–Crippen MR) is 73.1 cm³/mol. The summed E-state index contributed by atoms with van der Waals surface area (Å²) in [6.07, 6.45) is 2.99. The van der Waals surface area contributed by atoms with Gasteiger partial charge in [-0.3, -0.25) is 4.79 Å². The number of hydrogen-bond acceptors (Lipinski definition) is 6. The lowest BCUT2D eigenvalue weighted by Crippen LogP contribution is -2.09. The van der Waals surface area contributed by atoms with Gasteiger partial charge in [-0.05, 0) is 11.4 Å². The first-order valence-electron chi connectivity index (χ1n) is 5.45. The summed E-state index contributed by atoms with van der Waals surface area (Å²) in [6, 6.07) is 1.79. The minimum absolute atomic E-state index is 0.0354. The molecule has 0 radical (unpaired) electrons. The Balaban J connectivity index is 0.000000315. The summed E-state index contributed by atoms with van der Waals surface area (Å²) in [5.41, 5.74) is 1.20. The molecule has 2 aromatic heterocycles. The van der Waals surface area contributed by atoms with Crippen molar-refractivity contribution in [1.82, 2.24) is 14.8 Å². The second-order valence-electron chi connectivity index (χ2n) is 3.65. The fourth-order valence-corrected chi connectivity index (χ4v) is 1.82. The van der Waals surface area contributed by atoms with Crippen LogP contribution in [0, 0.1) is 0 Å². The average molecular weight is 309 g/mol. The van der Waals surface area contributed by atoms with Crippen molar-refractivity contribution >= 4 is 29.1 Å². The van der Waals surface area contributed by atoms with Gasteiger partial charge >= 0.3 is 11.9 Å². The number of carbonyl (C=O) groups excluding carboxylic acids is 1. The molecule has 0 saturated heterocycles. The van der Waals surface area contributed by atoms with Crippen LogP contribution in [0.4, 0.5) is 0 Å². The lowest BCUT2D eigenvalue weighted by atomic mass is 10.1. The maximum Gasteiger partial charge on any atom is 0.414 e. The minimum atomic E-state index is -1.82. The van der Waals surface area contributed by atoms with Crippen LogP contribution in [0.3, 0.4) is 0 Å². The molecule has 0 bridgehead atoms. The number of carboxylic acids is 2. The molecule has 9 heteroatoms. The van der Waals surface area contributed by atoms with Crippen LogP contribution >= 0.6 is 11.3 Å². The van der Waals surface area contributed by atoms with Crippen molar-refractivity contribution in [3.63, 3.8) is 0 Å². The zero-order valence-corrected chi connectivity index (χ0v) is 11.5. The van der Waals surface area contributed by atoms with Gasteiger partial charge < -0.3 is 10.2 Å². The number of rotatable bonds is 4. The molecule has 0 aliphatic heterocycles. The van der Waals surface area contributed by atoms with Crippen molar-refractivity contribution in [2.24, 2.45) is 0 Å². The van der Waals surface area contributed by atoms with Gasteiger partial charge in [-0.1, -0.05) is 6.58 Å². The smallest absolute Gasteiger partial charge is 0.414 e. The second-order valence-corrected chi connectivity index (χ2v) is 4.43. The van der Waals surface area contributed by atoms with E-state index in [1.165, 1.54) is 17.7 Å². The third-order valence-electron chi connectivity index (χ3n) is 2.11. The number of ketones is 1. The molecule has 0 aliphatic carbocycles. The molecule has 110 valence electrons. The van der Waals surface area contributed by atoms with Crippen LogP contribution in [-0.4, -0.2) is 42.7 Å². The van der Waals surface area contributed by atoms with Crippen molar-refractivity contribution < 1.29 is 24.6 Å². The van der Waals surface area contributed by atoms with Crippen molar-refractivity contribution in [2.75, 3.05) is 0 Å². The van der Waals surface area contributed by atoms with E-state index in [2.05, 4.69) is 16.7 Å². The van der Waals surface area contributed by atoms with E-state index in [9.17, 15) is 4.79 Å². The Morgan fingerprint density at radius 3 is 2.38 bits per heavy atom. The topological polar surface area (TPSA) is 122 Å². The quantitative estimate of drug-likeness (QED) is 0.489. The van der Waals surface area contributed by atoms with Gasteiger partial charge in [-0.25, -0.2) is 19.3 Å². The Kier molecular flexibility index (Phi) is 5.96. The van der Waals surface area contributed by atoms with Gasteiger partial charge in [0.25, 0.3) is 0 Å². The van der Waals surface area contributed by atoms with E-state index >= 15 is 0 Å². The number of hydrogen-bond donors (Lipinski definition) is 2. The number of allylic oxidation sites excluding steroid dienone is 1. The molecule has 0 unspecified atom stereocenters. The molecule has 2 heterocycles. The van der Waals surface area contributed by atoms with Crippen LogP contribution < -0.4 is 0 Å². The number of carbonyl (C=O) groups is 3. The SMILES string of the molecule is C=C(Cn1cncn1)C(=O)c1ccsc1.O=C(O)C(=O)O. The third-order valence-corrected chi connectivity index (χ3v) is 2.79. The van der Waals surface area contributed by atoms with E-state index in [4.69, 9.17) is 19.8 Å². The highest BCUT2D eigenvalue weighted by Gasteiger charge is 2.10. The molecular formula is C12H11N3O5S. The standard InChI is InChI=1S/C10H9N3OS.C2H2O4/c1-8(4-13-7-11-6-12-13)10(14)9-2-3-15-5-9;3-1(4)2(5)6/h2-3,5-7H,1,4H2;(H,3,4)(H,5,6). The molecular weight excluding hydrogens is 298 g/mol. The van der Waals surface area contributed by atoms with E-state index in [-0.39, 0.29) is 5.78 Å². The van der Waals surface area contributed by atoms with Gasteiger partial charge in [-0.2, -0.15) is 16.4 Å². The molecule has 2 rings (SSSR count). The summed E-state index contributed by atoms with van der Waals surface area (Å²) >= 11 is 1.50. The van der Waals surface area contributed by atoms with E-state index in [1.807, 2.05) is 10.8 Å². The molecule has 0 saturated carbocycles. The largest absolute Gasteiger partial charge is 0.473 e. The van der Waals surface area contributed by atoms with Gasteiger partial charge in [0.1, 0.15) is 12.7 Å². The first-order chi connectivity index (χ1) is 9.91. The Labute approximate surface area is 123 Å². The van der Waals surface area contributed by atoms with Crippen LogP contribution in [0.2, 0.25) is 0 Å². The number of Topliss-reactive ketones (excluding diaryl/α,β-unsaturated/α-hetero) is 1. The number of carboxylic acid groups (broad SMARTS) is 2. The zero-order chi connectivity index (χ0) is 15.8. The van der Waals surface area contributed by atoms with Crippen LogP contribution in [0.25, 0.3) is 0 Å². The number of aromatic nitrogens is 3. The molecule has 0 fully saturated rings. The molecule has 2 aromatic rings. The van der Waals surface area contributed by atoms with E-state index in [0.29, 0.717) is 17.7 Å². The molecule has 0 amide bonds. The van der Waals surface area contributed by atoms with E-state index in [1.54, 1.807) is 17.1 Å². The highest BCUT2D eigenvalue weighted by Crippen LogP contribution is 2.11. The fourth-order valence-electron chi connectivity index (χ4n) is 1.18. The Morgan fingerprint density at radius 1 is 1.29 bits per heavy atom. The van der Waals surface area contributed by atoms with Crippen molar-refractivity contribution in [2.45, 2.75) is 6.54 Å². The number of aliphatic carboxylic acids is 2. The average Bonchev–Trinajstić information content (AvgIpc) is 3.11. The third kappa shape index (κ3) is 5.37. The van der Waals surface area contributed by atoms with Crippen LogP contribution in [0.15, 0.2) is 41.6 Å². The number of thiophene rings is 1. The summed E-state index contributed by atoms with van der Waals surface area (Å²) in [6.45, 7) is 4.14. The van der Waals surface area contributed by atoms with Crippen molar-refractivity contribution in [3.8, 4) is 0 Å². The minimum Gasteiger partial charge on any atom is -0.473 e. The van der Waals surface area contributed by atoms with E-state index < -0.39 is 11.9 Å². The molecule has 0 spiro atoms. The Hall–Kier alpha value is -2.81. The molecule has 0 aliphatic rings. The first-order valence-corrected chi connectivity index (χ1v) is 6.39. The molecule has 0 aromatic carbocycles. The maximum atomic E-state index is 11.8. The Morgan fingerprint density at radius 2 is 1.95 bits per heavy atom.